The lowest BCUT2D eigenvalue weighted by atomic mass is 10.1. The van der Waals surface area contributed by atoms with Gasteiger partial charge in [0.05, 0.1) is 10.6 Å². The van der Waals surface area contributed by atoms with Gasteiger partial charge in [0.1, 0.15) is 12.6 Å². The van der Waals surface area contributed by atoms with Crippen molar-refractivity contribution in [3.8, 4) is 0 Å². The number of anilines is 1. The third-order valence-electron chi connectivity index (χ3n) is 7.00. The van der Waals surface area contributed by atoms with Gasteiger partial charge in [-0.1, -0.05) is 68.3 Å². The summed E-state index contributed by atoms with van der Waals surface area (Å²) in [7, 11) is -4.16. The van der Waals surface area contributed by atoms with Crippen LogP contribution in [0.3, 0.4) is 0 Å². The molecule has 0 saturated carbocycles. The van der Waals surface area contributed by atoms with Crippen molar-refractivity contribution in [3.63, 3.8) is 0 Å². The number of amides is 2. The molecule has 0 unspecified atom stereocenters. The van der Waals surface area contributed by atoms with E-state index in [0.29, 0.717) is 23.7 Å². The predicted octanol–water partition coefficient (Wildman–Crippen LogP) is 6.04. The van der Waals surface area contributed by atoms with E-state index in [1.807, 2.05) is 71.9 Å². The standard InChI is InChI=1S/C32H40ClN3O4S/c1-7-30(32(38)34-19-22(2)3)35(20-26-11-8-23(4)9-12-26)31(37)21-36(28-15-10-24(5)25(6)18-28)41(39,40)29-16-13-27(33)14-17-29/h8-18,22,30H,7,19-21H2,1-6H3,(H,34,38)/t30-/m0/s1. The lowest BCUT2D eigenvalue weighted by molar-refractivity contribution is -0.140. The zero-order valence-corrected chi connectivity index (χ0v) is 26.2. The van der Waals surface area contributed by atoms with Gasteiger partial charge in [-0.3, -0.25) is 13.9 Å². The summed E-state index contributed by atoms with van der Waals surface area (Å²) in [6.45, 7) is 11.8. The maximum atomic E-state index is 14.1. The third-order valence-corrected chi connectivity index (χ3v) is 9.04. The molecular formula is C32H40ClN3O4S. The van der Waals surface area contributed by atoms with E-state index in [1.54, 1.807) is 12.1 Å². The van der Waals surface area contributed by atoms with Crippen molar-refractivity contribution >= 4 is 39.1 Å². The summed E-state index contributed by atoms with van der Waals surface area (Å²) in [4.78, 5) is 29.0. The van der Waals surface area contributed by atoms with Crippen LogP contribution in [0, 0.1) is 26.7 Å². The quantitative estimate of drug-likeness (QED) is 0.276. The van der Waals surface area contributed by atoms with E-state index in [2.05, 4.69) is 5.32 Å². The molecule has 220 valence electrons. The minimum atomic E-state index is -4.16. The molecule has 0 fully saturated rings. The Morgan fingerprint density at radius 1 is 0.902 bits per heavy atom. The van der Waals surface area contributed by atoms with Gasteiger partial charge in [-0.15, -0.1) is 0 Å². The first kappa shape index (κ1) is 32.2. The van der Waals surface area contributed by atoms with Crippen LogP contribution in [-0.2, 0) is 26.2 Å². The number of carbonyl (C=O) groups is 2. The fourth-order valence-electron chi connectivity index (χ4n) is 4.38. The second kappa shape index (κ2) is 14.0. The molecule has 0 bridgehead atoms. The van der Waals surface area contributed by atoms with Crippen molar-refractivity contribution in [1.82, 2.24) is 10.2 Å². The first-order valence-corrected chi connectivity index (χ1v) is 15.6. The van der Waals surface area contributed by atoms with Gasteiger partial charge >= 0.3 is 0 Å². The molecule has 9 heteroatoms. The Morgan fingerprint density at radius 3 is 2.10 bits per heavy atom. The Morgan fingerprint density at radius 2 is 1.54 bits per heavy atom. The van der Waals surface area contributed by atoms with Gasteiger partial charge in [-0.05, 0) is 86.2 Å². The van der Waals surface area contributed by atoms with Crippen LogP contribution >= 0.6 is 11.6 Å². The molecule has 7 nitrogen and oxygen atoms in total. The van der Waals surface area contributed by atoms with Crippen LogP contribution in [0.1, 0.15) is 49.4 Å². The van der Waals surface area contributed by atoms with Crippen LogP contribution in [-0.4, -0.2) is 44.3 Å². The number of hydrogen-bond donors (Lipinski definition) is 1. The van der Waals surface area contributed by atoms with Crippen molar-refractivity contribution in [2.24, 2.45) is 5.92 Å². The summed E-state index contributed by atoms with van der Waals surface area (Å²) < 4.78 is 29.1. The second-order valence-corrected chi connectivity index (χ2v) is 13.1. The van der Waals surface area contributed by atoms with Gasteiger partial charge in [0.25, 0.3) is 10.0 Å². The van der Waals surface area contributed by atoms with E-state index in [9.17, 15) is 18.0 Å². The number of nitrogens with one attached hydrogen (secondary N) is 1. The third kappa shape index (κ3) is 8.33. The first-order chi connectivity index (χ1) is 19.3. The number of halogens is 1. The largest absolute Gasteiger partial charge is 0.354 e. The lowest BCUT2D eigenvalue weighted by Crippen LogP contribution is -2.52. The molecule has 41 heavy (non-hydrogen) atoms. The van der Waals surface area contributed by atoms with Crippen LogP contribution in [0.15, 0.2) is 71.6 Å². The van der Waals surface area contributed by atoms with Crippen LogP contribution in [0.5, 0.6) is 0 Å². The molecule has 3 aromatic carbocycles. The van der Waals surface area contributed by atoms with Crippen LogP contribution in [0.4, 0.5) is 5.69 Å². The molecule has 3 rings (SSSR count). The van der Waals surface area contributed by atoms with E-state index in [4.69, 9.17) is 11.6 Å². The number of hydrogen-bond acceptors (Lipinski definition) is 4. The molecular weight excluding hydrogens is 558 g/mol. The molecule has 0 aliphatic carbocycles. The van der Waals surface area contributed by atoms with E-state index >= 15 is 0 Å². The van der Waals surface area contributed by atoms with Gasteiger partial charge in [0.15, 0.2) is 0 Å². The highest BCUT2D eigenvalue weighted by Crippen LogP contribution is 2.27. The molecule has 1 atom stereocenters. The van der Waals surface area contributed by atoms with Gasteiger partial charge in [-0.25, -0.2) is 8.42 Å². The Hall–Kier alpha value is -3.36. The number of sulfonamides is 1. The normalized spacial score (nSPS) is 12.2. The molecule has 0 aliphatic heterocycles. The topological polar surface area (TPSA) is 86.8 Å². The van der Waals surface area contributed by atoms with Gasteiger partial charge in [0.2, 0.25) is 11.8 Å². The first-order valence-electron chi connectivity index (χ1n) is 13.8. The molecule has 3 aromatic rings. The van der Waals surface area contributed by atoms with Crippen LogP contribution in [0.25, 0.3) is 0 Å². The van der Waals surface area contributed by atoms with E-state index < -0.39 is 28.5 Å². The van der Waals surface area contributed by atoms with Gasteiger partial charge in [-0.2, -0.15) is 0 Å². The maximum absolute atomic E-state index is 14.1. The highest BCUT2D eigenvalue weighted by Gasteiger charge is 2.33. The number of benzene rings is 3. The zero-order chi connectivity index (χ0) is 30.3. The van der Waals surface area contributed by atoms with E-state index in [0.717, 1.165) is 26.6 Å². The molecule has 0 aromatic heterocycles. The SMILES string of the molecule is CC[C@@H](C(=O)NCC(C)C)N(Cc1ccc(C)cc1)C(=O)CN(c1ccc(C)c(C)c1)S(=O)(=O)c1ccc(Cl)cc1. The van der Waals surface area contributed by atoms with Crippen molar-refractivity contribution in [2.45, 2.75) is 65.4 Å². The summed E-state index contributed by atoms with van der Waals surface area (Å²) >= 11 is 6.03. The summed E-state index contributed by atoms with van der Waals surface area (Å²) in [5, 5.41) is 3.35. The average molecular weight is 598 g/mol. The smallest absolute Gasteiger partial charge is 0.264 e. The predicted molar refractivity (Wildman–Crippen MR) is 166 cm³/mol. The maximum Gasteiger partial charge on any atom is 0.264 e. The summed E-state index contributed by atoms with van der Waals surface area (Å²) in [6.07, 6.45) is 0.370. The fraction of sp³-hybridized carbons (Fsp3) is 0.375. The van der Waals surface area contributed by atoms with Crippen molar-refractivity contribution in [2.75, 3.05) is 17.4 Å². The van der Waals surface area contributed by atoms with Crippen LogP contribution in [0.2, 0.25) is 5.02 Å². The number of nitrogens with zero attached hydrogens (tertiary/aromatic N) is 2. The summed E-state index contributed by atoms with van der Waals surface area (Å²) in [5.74, 6) is -0.504. The highest BCUT2D eigenvalue weighted by molar-refractivity contribution is 7.92. The lowest BCUT2D eigenvalue weighted by Gasteiger charge is -2.33. The number of rotatable bonds is 12. The Balaban J connectivity index is 2.06. The Bertz CT molecular complexity index is 1460. The van der Waals surface area contributed by atoms with Gasteiger partial charge in [0, 0.05) is 18.1 Å². The molecule has 0 saturated heterocycles. The highest BCUT2D eigenvalue weighted by atomic mass is 35.5. The average Bonchev–Trinajstić information content (AvgIpc) is 2.93. The van der Waals surface area contributed by atoms with Crippen LogP contribution < -0.4 is 9.62 Å². The van der Waals surface area contributed by atoms with Crippen molar-refractivity contribution in [3.05, 3.63) is 94.0 Å². The molecule has 0 radical (unpaired) electrons. The minimum Gasteiger partial charge on any atom is -0.354 e. The molecule has 0 heterocycles. The van der Waals surface area contributed by atoms with E-state index in [-0.39, 0.29) is 23.3 Å². The second-order valence-electron chi connectivity index (χ2n) is 10.8. The summed E-state index contributed by atoms with van der Waals surface area (Å²) in [6, 6.07) is 18.1. The van der Waals surface area contributed by atoms with E-state index in [1.165, 1.54) is 29.2 Å². The number of carbonyl (C=O) groups excluding carboxylic acids is 2. The summed E-state index contributed by atoms with van der Waals surface area (Å²) in [5.41, 5.74) is 4.17. The zero-order valence-electron chi connectivity index (χ0n) is 24.6. The number of aryl methyl sites for hydroxylation is 3. The Labute approximate surface area is 249 Å². The Kier molecular flexibility index (Phi) is 11.0. The van der Waals surface area contributed by atoms with Crippen molar-refractivity contribution in [1.29, 1.82) is 0 Å². The molecule has 0 spiro atoms. The van der Waals surface area contributed by atoms with Crippen molar-refractivity contribution < 1.29 is 18.0 Å². The molecule has 1 N–H and O–H groups in total. The minimum absolute atomic E-state index is 0.0136. The molecule has 2 amide bonds. The van der Waals surface area contributed by atoms with Gasteiger partial charge < -0.3 is 10.2 Å². The fourth-order valence-corrected chi connectivity index (χ4v) is 5.91. The monoisotopic (exact) mass is 597 g/mol. The molecule has 0 aliphatic rings.